The van der Waals surface area contributed by atoms with Gasteiger partial charge in [0.25, 0.3) is 0 Å². The second-order valence-corrected chi connectivity index (χ2v) is 5.77. The van der Waals surface area contributed by atoms with Gasteiger partial charge in [-0.1, -0.05) is 64.0 Å². The van der Waals surface area contributed by atoms with E-state index < -0.39 is 0 Å². The van der Waals surface area contributed by atoms with Crippen molar-refractivity contribution < 1.29 is 9.78 Å². The Morgan fingerprint density at radius 3 is 2.50 bits per heavy atom. The summed E-state index contributed by atoms with van der Waals surface area (Å²) in [6.07, 6.45) is 13.0. The van der Waals surface area contributed by atoms with E-state index in [2.05, 4.69) is 19.1 Å². The van der Waals surface area contributed by atoms with Crippen molar-refractivity contribution in [3.05, 3.63) is 29.3 Å². The molecule has 2 rings (SSSR count). The van der Waals surface area contributed by atoms with Gasteiger partial charge in [-0.25, -0.2) is 0 Å². The molecule has 2 heteroatoms. The summed E-state index contributed by atoms with van der Waals surface area (Å²) in [6.45, 7) is 2.94. The minimum absolute atomic E-state index is 0.665. The molecular weight excluding hydrogens is 248 g/mol. The van der Waals surface area contributed by atoms with Gasteiger partial charge in [0.2, 0.25) is 0 Å². The highest BCUT2D eigenvalue weighted by Crippen LogP contribution is 2.27. The molecule has 0 fully saturated rings. The van der Waals surface area contributed by atoms with Crippen molar-refractivity contribution in [2.24, 2.45) is 0 Å². The van der Waals surface area contributed by atoms with Crippen molar-refractivity contribution in [1.29, 1.82) is 0 Å². The van der Waals surface area contributed by atoms with E-state index in [1.54, 1.807) is 0 Å². The highest BCUT2D eigenvalue weighted by Gasteiger charge is 2.13. The van der Waals surface area contributed by atoms with Crippen molar-refractivity contribution in [3.63, 3.8) is 0 Å². The highest BCUT2D eigenvalue weighted by atomic mass is 17.2. The van der Waals surface area contributed by atoms with E-state index in [0.29, 0.717) is 6.61 Å². The summed E-state index contributed by atoms with van der Waals surface area (Å²) >= 11 is 0. The van der Waals surface area contributed by atoms with Gasteiger partial charge in [-0.3, -0.25) is 0 Å². The molecule has 1 aromatic rings. The third kappa shape index (κ3) is 4.82. The molecule has 1 aliphatic heterocycles. The maximum Gasteiger partial charge on any atom is 0.168 e. The van der Waals surface area contributed by atoms with Crippen LogP contribution in [0.3, 0.4) is 0 Å². The van der Waals surface area contributed by atoms with Gasteiger partial charge in [-0.15, -0.1) is 0 Å². The maximum atomic E-state index is 5.36. The summed E-state index contributed by atoms with van der Waals surface area (Å²) in [6, 6.07) is 6.30. The van der Waals surface area contributed by atoms with Crippen molar-refractivity contribution in [1.82, 2.24) is 0 Å². The minimum atomic E-state index is 0.665. The lowest BCUT2D eigenvalue weighted by Crippen LogP contribution is -1.96. The first-order chi connectivity index (χ1) is 9.92. The number of benzene rings is 1. The molecule has 112 valence electrons. The molecule has 2 nitrogen and oxygen atoms in total. The fourth-order valence-corrected chi connectivity index (χ4v) is 2.90. The van der Waals surface area contributed by atoms with Gasteiger partial charge in [-0.05, 0) is 24.5 Å². The average molecular weight is 276 g/mol. The largest absolute Gasteiger partial charge is 0.337 e. The first-order valence-electron chi connectivity index (χ1n) is 8.32. The Morgan fingerprint density at radius 2 is 1.70 bits per heavy atom. The van der Waals surface area contributed by atoms with Crippen molar-refractivity contribution >= 4 is 0 Å². The van der Waals surface area contributed by atoms with Crippen LogP contribution in [0.4, 0.5) is 0 Å². The molecule has 2 bridgehead atoms. The molecule has 0 radical (unpaired) electrons. The van der Waals surface area contributed by atoms with Gasteiger partial charge in [0.1, 0.15) is 0 Å². The summed E-state index contributed by atoms with van der Waals surface area (Å²) in [4.78, 5) is 10.5. The minimum Gasteiger partial charge on any atom is -0.337 e. The number of hydrogen-bond acceptors (Lipinski definition) is 2. The third-order valence-electron chi connectivity index (χ3n) is 4.11. The SMILES string of the molecule is CCCCCCCCCCc1c2cccc1OOCC2. The van der Waals surface area contributed by atoms with Crippen LogP contribution in [0.15, 0.2) is 18.2 Å². The van der Waals surface area contributed by atoms with Gasteiger partial charge in [0.05, 0.1) is 6.61 Å². The second-order valence-electron chi connectivity index (χ2n) is 5.77. The van der Waals surface area contributed by atoms with E-state index >= 15 is 0 Å². The van der Waals surface area contributed by atoms with Crippen LogP contribution < -0.4 is 4.89 Å². The molecule has 0 saturated carbocycles. The van der Waals surface area contributed by atoms with E-state index in [9.17, 15) is 0 Å². The van der Waals surface area contributed by atoms with Crippen molar-refractivity contribution in [3.8, 4) is 5.75 Å². The number of fused-ring (bicyclic) bond motifs is 2. The van der Waals surface area contributed by atoms with Gasteiger partial charge in [0, 0.05) is 12.0 Å². The molecule has 1 aromatic carbocycles. The van der Waals surface area contributed by atoms with Crippen LogP contribution >= 0.6 is 0 Å². The van der Waals surface area contributed by atoms with Crippen LogP contribution in [-0.2, 0) is 17.7 Å². The maximum absolute atomic E-state index is 5.36. The van der Waals surface area contributed by atoms with Gasteiger partial charge < -0.3 is 4.89 Å². The zero-order chi connectivity index (χ0) is 14.0. The quantitative estimate of drug-likeness (QED) is 0.454. The monoisotopic (exact) mass is 276 g/mol. The first-order valence-corrected chi connectivity index (χ1v) is 8.32. The van der Waals surface area contributed by atoms with Crippen molar-refractivity contribution in [2.75, 3.05) is 6.61 Å². The van der Waals surface area contributed by atoms with E-state index in [1.807, 2.05) is 6.07 Å². The zero-order valence-electron chi connectivity index (χ0n) is 12.8. The molecule has 0 aliphatic carbocycles. The fourth-order valence-electron chi connectivity index (χ4n) is 2.90. The molecule has 0 saturated heterocycles. The molecule has 0 unspecified atom stereocenters. The zero-order valence-corrected chi connectivity index (χ0v) is 12.8. The number of hydrogen-bond donors (Lipinski definition) is 0. The van der Waals surface area contributed by atoms with E-state index in [0.717, 1.165) is 18.6 Å². The molecule has 0 amide bonds. The molecule has 1 heterocycles. The van der Waals surface area contributed by atoms with Crippen LogP contribution in [0, 0.1) is 0 Å². The average Bonchev–Trinajstić information content (AvgIpc) is 2.58. The lowest BCUT2D eigenvalue weighted by atomic mass is 9.98. The Hall–Kier alpha value is -1.02. The van der Waals surface area contributed by atoms with Gasteiger partial charge in [0.15, 0.2) is 5.75 Å². The molecule has 1 aliphatic rings. The molecule has 20 heavy (non-hydrogen) atoms. The summed E-state index contributed by atoms with van der Waals surface area (Å²) in [5, 5.41) is 0. The lowest BCUT2D eigenvalue weighted by molar-refractivity contribution is -0.203. The van der Waals surface area contributed by atoms with Crippen LogP contribution in [0.25, 0.3) is 0 Å². The van der Waals surface area contributed by atoms with E-state index in [4.69, 9.17) is 9.78 Å². The van der Waals surface area contributed by atoms with Gasteiger partial charge in [-0.2, -0.15) is 4.89 Å². The van der Waals surface area contributed by atoms with Crippen LogP contribution in [0.2, 0.25) is 0 Å². The predicted octanol–water partition coefficient (Wildman–Crippen LogP) is 5.24. The molecule has 0 aromatic heterocycles. The first kappa shape index (κ1) is 15.4. The standard InChI is InChI=1S/C18H28O2/c1-2-3-4-5-6-7-8-9-12-17-16-11-10-13-18(17)20-19-15-14-16/h10-11,13H,2-9,12,14-15H2,1H3. The van der Waals surface area contributed by atoms with Crippen molar-refractivity contribution in [2.45, 2.75) is 71.1 Å². The van der Waals surface area contributed by atoms with Crippen LogP contribution in [0.1, 0.15) is 69.4 Å². The Morgan fingerprint density at radius 1 is 0.950 bits per heavy atom. The van der Waals surface area contributed by atoms with Crippen LogP contribution in [0.5, 0.6) is 5.75 Å². The summed E-state index contributed by atoms with van der Waals surface area (Å²) in [5.41, 5.74) is 2.78. The summed E-state index contributed by atoms with van der Waals surface area (Å²) in [7, 11) is 0. The van der Waals surface area contributed by atoms with E-state index in [1.165, 1.54) is 62.5 Å². The number of unbranched alkanes of at least 4 members (excludes halogenated alkanes) is 7. The normalized spacial score (nSPS) is 13.8. The molecular formula is C18H28O2. The molecule has 0 spiro atoms. The van der Waals surface area contributed by atoms with E-state index in [-0.39, 0.29) is 0 Å². The van der Waals surface area contributed by atoms with Gasteiger partial charge >= 0.3 is 0 Å². The Balaban J connectivity index is 1.67. The van der Waals surface area contributed by atoms with Crippen LogP contribution in [-0.4, -0.2) is 6.61 Å². The lowest BCUT2D eigenvalue weighted by Gasteiger charge is -2.09. The smallest absolute Gasteiger partial charge is 0.168 e. The second kappa shape index (κ2) is 9.02. The topological polar surface area (TPSA) is 18.5 Å². The Labute approximate surface area is 123 Å². The molecule has 0 N–H and O–H groups in total. The summed E-state index contributed by atoms with van der Waals surface area (Å²) < 4.78 is 0. The Kier molecular flexibility index (Phi) is 6.93. The fraction of sp³-hybridized carbons (Fsp3) is 0.667. The number of rotatable bonds is 9. The Bertz CT molecular complexity index is 363. The highest BCUT2D eigenvalue weighted by molar-refractivity contribution is 5.40. The molecule has 0 atom stereocenters. The predicted molar refractivity (Wildman–Crippen MR) is 83.0 cm³/mol. The summed E-state index contributed by atoms with van der Waals surface area (Å²) in [5.74, 6) is 0.933. The third-order valence-corrected chi connectivity index (χ3v) is 4.11.